The zero-order chi connectivity index (χ0) is 10.6. The second-order valence-corrected chi connectivity index (χ2v) is 2.55. The van der Waals surface area contributed by atoms with Gasteiger partial charge in [0.25, 0.3) is 0 Å². The molecular formula is C9H8F3NO. The molecule has 0 aliphatic carbocycles. The summed E-state index contributed by atoms with van der Waals surface area (Å²) >= 11 is 0. The molecule has 0 saturated heterocycles. The van der Waals surface area contributed by atoms with E-state index in [1.165, 1.54) is 18.2 Å². The molecule has 0 aliphatic heterocycles. The van der Waals surface area contributed by atoms with Gasteiger partial charge in [0.1, 0.15) is 0 Å². The number of pyridine rings is 1. The third kappa shape index (κ3) is 2.85. The number of aliphatic hydroxyl groups excluding tert-OH is 1. The van der Waals surface area contributed by atoms with E-state index in [9.17, 15) is 13.2 Å². The molecule has 1 rings (SSSR count). The molecule has 1 heterocycles. The quantitative estimate of drug-likeness (QED) is 0.798. The van der Waals surface area contributed by atoms with Gasteiger partial charge in [-0.15, -0.1) is 0 Å². The number of halogens is 3. The normalized spacial score (nSPS) is 12.3. The van der Waals surface area contributed by atoms with E-state index in [1.807, 2.05) is 0 Å². The highest BCUT2D eigenvalue weighted by Crippen LogP contribution is 2.28. The minimum absolute atomic E-state index is 0.164. The first-order valence-electron chi connectivity index (χ1n) is 3.84. The predicted molar refractivity (Wildman–Crippen MR) is 45.4 cm³/mol. The van der Waals surface area contributed by atoms with E-state index >= 15 is 0 Å². The monoisotopic (exact) mass is 203 g/mol. The van der Waals surface area contributed by atoms with Gasteiger partial charge in [0.05, 0.1) is 17.9 Å². The lowest BCUT2D eigenvalue weighted by Gasteiger charge is -2.04. The second kappa shape index (κ2) is 4.23. The van der Waals surface area contributed by atoms with Crippen LogP contribution in [0.3, 0.4) is 0 Å². The Hall–Kier alpha value is -1.36. The van der Waals surface area contributed by atoms with Crippen LogP contribution in [0.15, 0.2) is 24.4 Å². The van der Waals surface area contributed by atoms with Crippen LogP contribution in [0.1, 0.15) is 11.3 Å². The van der Waals surface area contributed by atoms with Gasteiger partial charge < -0.3 is 5.11 Å². The third-order valence-electron chi connectivity index (χ3n) is 1.51. The summed E-state index contributed by atoms with van der Waals surface area (Å²) in [6.07, 6.45) is -0.751. The van der Waals surface area contributed by atoms with E-state index in [0.717, 1.165) is 12.3 Å². The molecule has 0 unspecified atom stereocenters. The molecule has 5 heteroatoms. The summed E-state index contributed by atoms with van der Waals surface area (Å²) in [5.74, 6) is 0. The Morgan fingerprint density at radius 3 is 2.50 bits per heavy atom. The van der Waals surface area contributed by atoms with Crippen LogP contribution in [0.4, 0.5) is 13.2 Å². The molecule has 76 valence electrons. The molecule has 0 aliphatic rings. The fraction of sp³-hybridized carbons (Fsp3) is 0.222. The van der Waals surface area contributed by atoms with Gasteiger partial charge in [0.2, 0.25) is 0 Å². The molecule has 0 fully saturated rings. The molecule has 0 saturated carbocycles. The molecule has 0 radical (unpaired) electrons. The van der Waals surface area contributed by atoms with Crippen molar-refractivity contribution in [2.45, 2.75) is 6.18 Å². The highest BCUT2D eigenvalue weighted by molar-refractivity contribution is 5.44. The van der Waals surface area contributed by atoms with Crippen molar-refractivity contribution in [1.82, 2.24) is 4.98 Å². The first kappa shape index (κ1) is 10.7. The van der Waals surface area contributed by atoms with Gasteiger partial charge in [0.15, 0.2) is 0 Å². The first-order chi connectivity index (χ1) is 6.54. The number of aliphatic hydroxyl groups is 1. The lowest BCUT2D eigenvalue weighted by Crippen LogP contribution is -2.05. The van der Waals surface area contributed by atoms with Crippen LogP contribution in [-0.4, -0.2) is 16.7 Å². The zero-order valence-corrected chi connectivity index (χ0v) is 7.12. The standard InChI is InChI=1S/C9H8F3NO/c10-9(11,12)7-3-4-8(13-6-7)2-1-5-14/h1-4,6,14H,5H2/b2-1+. The van der Waals surface area contributed by atoms with Crippen molar-refractivity contribution >= 4 is 6.08 Å². The maximum Gasteiger partial charge on any atom is 0.417 e. The number of rotatable bonds is 2. The van der Waals surface area contributed by atoms with Crippen molar-refractivity contribution in [1.29, 1.82) is 0 Å². The number of hydrogen-bond acceptors (Lipinski definition) is 2. The summed E-state index contributed by atoms with van der Waals surface area (Å²) in [4.78, 5) is 3.56. The van der Waals surface area contributed by atoms with Crippen LogP contribution < -0.4 is 0 Å². The van der Waals surface area contributed by atoms with Gasteiger partial charge in [0, 0.05) is 6.20 Å². The van der Waals surface area contributed by atoms with E-state index in [1.54, 1.807) is 0 Å². The molecule has 0 bridgehead atoms. The van der Waals surface area contributed by atoms with Crippen molar-refractivity contribution < 1.29 is 18.3 Å². The smallest absolute Gasteiger partial charge is 0.392 e. The van der Waals surface area contributed by atoms with E-state index < -0.39 is 11.7 Å². The van der Waals surface area contributed by atoms with Crippen LogP contribution in [0.2, 0.25) is 0 Å². The minimum atomic E-state index is -4.35. The summed E-state index contributed by atoms with van der Waals surface area (Å²) < 4.78 is 36.2. The van der Waals surface area contributed by atoms with E-state index in [2.05, 4.69) is 4.98 Å². The SMILES string of the molecule is OC/C=C/c1ccc(C(F)(F)F)cn1. The minimum Gasteiger partial charge on any atom is -0.392 e. The Morgan fingerprint density at radius 1 is 1.36 bits per heavy atom. The Balaban J connectivity index is 2.84. The largest absolute Gasteiger partial charge is 0.417 e. The maximum absolute atomic E-state index is 12.1. The van der Waals surface area contributed by atoms with Gasteiger partial charge in [-0.05, 0) is 18.2 Å². The number of alkyl halides is 3. The maximum atomic E-state index is 12.1. The molecule has 0 amide bonds. The number of hydrogen-bond donors (Lipinski definition) is 1. The molecule has 2 nitrogen and oxygen atoms in total. The Kier molecular flexibility index (Phi) is 3.24. The Bertz CT molecular complexity index is 316. The average Bonchev–Trinajstić information content (AvgIpc) is 2.14. The summed E-state index contributed by atoms with van der Waals surface area (Å²) in [6.45, 7) is -0.164. The Labute approximate surface area is 78.7 Å². The van der Waals surface area contributed by atoms with Gasteiger partial charge in [-0.2, -0.15) is 13.2 Å². The van der Waals surface area contributed by atoms with Crippen LogP contribution in [0.25, 0.3) is 6.08 Å². The Morgan fingerprint density at radius 2 is 2.07 bits per heavy atom. The fourth-order valence-electron chi connectivity index (χ4n) is 0.845. The zero-order valence-electron chi connectivity index (χ0n) is 7.12. The molecule has 1 aromatic rings. The van der Waals surface area contributed by atoms with Crippen LogP contribution in [-0.2, 0) is 6.18 Å². The van der Waals surface area contributed by atoms with Gasteiger partial charge in [-0.3, -0.25) is 4.98 Å². The third-order valence-corrected chi connectivity index (χ3v) is 1.51. The van der Waals surface area contributed by atoms with Crippen LogP contribution >= 0.6 is 0 Å². The lowest BCUT2D eigenvalue weighted by molar-refractivity contribution is -0.137. The van der Waals surface area contributed by atoms with Crippen molar-refractivity contribution in [3.8, 4) is 0 Å². The average molecular weight is 203 g/mol. The summed E-state index contributed by atoms with van der Waals surface area (Å²) in [5, 5.41) is 8.42. The molecule has 0 aromatic carbocycles. The van der Waals surface area contributed by atoms with Crippen molar-refractivity contribution in [3.63, 3.8) is 0 Å². The summed E-state index contributed by atoms with van der Waals surface area (Å²) in [7, 11) is 0. The molecule has 0 atom stereocenters. The topological polar surface area (TPSA) is 33.1 Å². The molecule has 0 spiro atoms. The van der Waals surface area contributed by atoms with E-state index in [-0.39, 0.29) is 6.61 Å². The highest BCUT2D eigenvalue weighted by Gasteiger charge is 2.30. The second-order valence-electron chi connectivity index (χ2n) is 2.55. The summed E-state index contributed by atoms with van der Waals surface area (Å²) in [6, 6.07) is 2.19. The summed E-state index contributed by atoms with van der Waals surface area (Å²) in [5.41, 5.74) is -0.398. The van der Waals surface area contributed by atoms with E-state index in [4.69, 9.17) is 5.11 Å². The number of aromatic nitrogens is 1. The fourth-order valence-corrected chi connectivity index (χ4v) is 0.845. The predicted octanol–water partition coefficient (Wildman–Crippen LogP) is 2.11. The highest BCUT2D eigenvalue weighted by atomic mass is 19.4. The van der Waals surface area contributed by atoms with Crippen molar-refractivity contribution in [3.05, 3.63) is 35.7 Å². The van der Waals surface area contributed by atoms with Gasteiger partial charge in [-0.25, -0.2) is 0 Å². The molecule has 14 heavy (non-hydrogen) atoms. The van der Waals surface area contributed by atoms with Crippen LogP contribution in [0.5, 0.6) is 0 Å². The molecule has 1 N–H and O–H groups in total. The molecule has 1 aromatic heterocycles. The van der Waals surface area contributed by atoms with Gasteiger partial charge in [-0.1, -0.05) is 6.08 Å². The van der Waals surface area contributed by atoms with Crippen molar-refractivity contribution in [2.24, 2.45) is 0 Å². The van der Waals surface area contributed by atoms with Crippen LogP contribution in [0, 0.1) is 0 Å². The number of nitrogens with zero attached hydrogens (tertiary/aromatic N) is 1. The first-order valence-corrected chi connectivity index (χ1v) is 3.84. The van der Waals surface area contributed by atoms with E-state index in [0.29, 0.717) is 5.69 Å². The van der Waals surface area contributed by atoms with Crippen molar-refractivity contribution in [2.75, 3.05) is 6.61 Å². The molecular weight excluding hydrogens is 195 g/mol. The lowest BCUT2D eigenvalue weighted by atomic mass is 10.2. The van der Waals surface area contributed by atoms with Gasteiger partial charge >= 0.3 is 6.18 Å².